The van der Waals surface area contributed by atoms with Gasteiger partial charge in [-0.25, -0.2) is 4.79 Å². The summed E-state index contributed by atoms with van der Waals surface area (Å²) in [6.45, 7) is 6.62. The van der Waals surface area contributed by atoms with Crippen molar-refractivity contribution in [1.29, 1.82) is 0 Å². The monoisotopic (exact) mass is 514 g/mol. The molecule has 37 heavy (non-hydrogen) atoms. The molecule has 0 aromatic heterocycles. The van der Waals surface area contributed by atoms with Crippen molar-refractivity contribution in [3.05, 3.63) is 54.1 Å². The maximum Gasteiger partial charge on any atom is 0.408 e. The van der Waals surface area contributed by atoms with Gasteiger partial charge < -0.3 is 35.8 Å². The van der Waals surface area contributed by atoms with E-state index in [1.165, 1.54) is 30.2 Å². The summed E-state index contributed by atoms with van der Waals surface area (Å²) < 4.78 is 10.4. The lowest BCUT2D eigenvalue weighted by molar-refractivity contribution is -0.141. The number of primary amides is 1. The fraction of sp³-hybridized carbons (Fsp3) is 0.385. The van der Waals surface area contributed by atoms with Crippen LogP contribution in [0, 0.1) is 0 Å². The van der Waals surface area contributed by atoms with E-state index < -0.39 is 47.9 Å². The summed E-state index contributed by atoms with van der Waals surface area (Å²) in [5.74, 6) is -1.66. The molecule has 0 fully saturated rings. The van der Waals surface area contributed by atoms with Crippen LogP contribution in [0.5, 0.6) is 11.5 Å². The Morgan fingerprint density at radius 1 is 1.08 bits per heavy atom. The van der Waals surface area contributed by atoms with E-state index in [0.717, 1.165) is 0 Å². The summed E-state index contributed by atoms with van der Waals surface area (Å²) in [6.07, 6.45) is -1.43. The SMILES string of the molecule is CCN(C(=O)C(CC(N)=O)NC(=O)OC(C)(C)C)C(C(=O)Nc1ccc(OC)cc1)c1cccc(O)c1. The van der Waals surface area contributed by atoms with E-state index in [9.17, 15) is 24.3 Å². The van der Waals surface area contributed by atoms with Crippen LogP contribution in [0.4, 0.5) is 10.5 Å². The Labute approximate surface area is 215 Å². The second-order valence-corrected chi connectivity index (χ2v) is 9.21. The molecule has 0 bridgehead atoms. The predicted molar refractivity (Wildman–Crippen MR) is 137 cm³/mol. The molecule has 200 valence electrons. The van der Waals surface area contributed by atoms with Crippen molar-refractivity contribution in [3.8, 4) is 11.5 Å². The number of hydrogen-bond donors (Lipinski definition) is 4. The Morgan fingerprint density at radius 2 is 1.73 bits per heavy atom. The molecule has 0 aliphatic rings. The van der Waals surface area contributed by atoms with Crippen molar-refractivity contribution >= 4 is 29.5 Å². The number of phenolic OH excluding ortho intramolecular Hbond substituents is 1. The van der Waals surface area contributed by atoms with E-state index in [-0.39, 0.29) is 12.3 Å². The van der Waals surface area contributed by atoms with Crippen molar-refractivity contribution < 1.29 is 33.8 Å². The van der Waals surface area contributed by atoms with Gasteiger partial charge in [-0.1, -0.05) is 12.1 Å². The Kier molecular flexibility index (Phi) is 9.87. The van der Waals surface area contributed by atoms with Crippen molar-refractivity contribution in [3.63, 3.8) is 0 Å². The topological polar surface area (TPSA) is 160 Å². The second kappa shape index (κ2) is 12.6. The molecule has 0 radical (unpaired) electrons. The molecule has 5 N–H and O–H groups in total. The molecule has 0 saturated heterocycles. The Bertz CT molecular complexity index is 1110. The lowest BCUT2D eigenvalue weighted by Crippen LogP contribution is -2.53. The highest BCUT2D eigenvalue weighted by atomic mass is 16.6. The molecule has 2 atom stereocenters. The Morgan fingerprint density at radius 3 is 2.24 bits per heavy atom. The van der Waals surface area contributed by atoms with Gasteiger partial charge in [-0.15, -0.1) is 0 Å². The number of anilines is 1. The quantitative estimate of drug-likeness (QED) is 0.379. The number of carbonyl (C=O) groups is 4. The van der Waals surface area contributed by atoms with Crippen molar-refractivity contribution in [1.82, 2.24) is 10.2 Å². The fourth-order valence-electron chi connectivity index (χ4n) is 3.57. The van der Waals surface area contributed by atoms with Gasteiger partial charge in [-0.3, -0.25) is 14.4 Å². The number of ether oxygens (including phenoxy) is 2. The maximum atomic E-state index is 13.6. The van der Waals surface area contributed by atoms with E-state index in [0.29, 0.717) is 17.0 Å². The molecule has 2 aromatic rings. The minimum atomic E-state index is -1.39. The minimum Gasteiger partial charge on any atom is -0.508 e. The standard InChI is InChI=1S/C26H34N4O7/c1-6-30(24(34)20(15-21(27)32)29-25(35)37-26(2,3)4)22(16-8-7-9-18(31)14-16)23(33)28-17-10-12-19(36-5)13-11-17/h7-14,20,22,31H,6,15H2,1-5H3,(H2,27,32)(H,28,33)(H,29,35). The van der Waals surface area contributed by atoms with E-state index in [2.05, 4.69) is 10.6 Å². The summed E-state index contributed by atoms with van der Waals surface area (Å²) in [5.41, 5.74) is 5.25. The molecular formula is C26H34N4O7. The number of nitrogens with one attached hydrogen (secondary N) is 2. The molecule has 2 unspecified atom stereocenters. The van der Waals surface area contributed by atoms with Crippen LogP contribution < -0.4 is 21.1 Å². The van der Waals surface area contributed by atoms with Crippen LogP contribution in [0.25, 0.3) is 0 Å². The first-order chi connectivity index (χ1) is 17.3. The van der Waals surface area contributed by atoms with Crippen LogP contribution in [-0.2, 0) is 19.1 Å². The third-order valence-electron chi connectivity index (χ3n) is 5.12. The number of hydrogen-bond acceptors (Lipinski definition) is 7. The summed E-state index contributed by atoms with van der Waals surface area (Å²) in [6, 6.07) is 9.89. The molecule has 11 heteroatoms. The number of amides is 4. The van der Waals surface area contributed by atoms with Crippen molar-refractivity contribution in [2.24, 2.45) is 5.73 Å². The van der Waals surface area contributed by atoms with Crippen LogP contribution in [-0.4, -0.2) is 59.1 Å². The fourth-order valence-corrected chi connectivity index (χ4v) is 3.57. The van der Waals surface area contributed by atoms with Gasteiger partial charge in [0, 0.05) is 12.2 Å². The van der Waals surface area contributed by atoms with Gasteiger partial charge in [0.1, 0.15) is 29.2 Å². The molecule has 0 heterocycles. The Hall–Kier alpha value is -4.28. The number of methoxy groups -OCH3 is 1. The van der Waals surface area contributed by atoms with Crippen LogP contribution in [0.1, 0.15) is 45.7 Å². The lowest BCUT2D eigenvalue weighted by Gasteiger charge is -2.33. The first kappa shape index (κ1) is 29.0. The number of rotatable bonds is 10. The largest absolute Gasteiger partial charge is 0.508 e. The normalized spacial score (nSPS) is 12.6. The van der Waals surface area contributed by atoms with E-state index >= 15 is 0 Å². The summed E-state index contributed by atoms with van der Waals surface area (Å²) in [5, 5.41) is 15.2. The molecular weight excluding hydrogens is 480 g/mol. The van der Waals surface area contributed by atoms with Crippen molar-refractivity contribution in [2.45, 2.75) is 51.8 Å². The highest BCUT2D eigenvalue weighted by molar-refractivity contribution is 5.99. The first-order valence-corrected chi connectivity index (χ1v) is 11.7. The molecule has 0 spiro atoms. The van der Waals surface area contributed by atoms with Gasteiger partial charge in [0.2, 0.25) is 11.8 Å². The van der Waals surface area contributed by atoms with Gasteiger partial charge in [-0.2, -0.15) is 0 Å². The minimum absolute atomic E-state index is 0.0282. The predicted octanol–water partition coefficient (Wildman–Crippen LogP) is 2.70. The molecule has 2 rings (SSSR count). The van der Waals surface area contributed by atoms with Crippen LogP contribution in [0.2, 0.25) is 0 Å². The van der Waals surface area contributed by atoms with E-state index in [1.54, 1.807) is 58.0 Å². The van der Waals surface area contributed by atoms with Gasteiger partial charge >= 0.3 is 6.09 Å². The average Bonchev–Trinajstić information content (AvgIpc) is 2.80. The third-order valence-corrected chi connectivity index (χ3v) is 5.12. The number of aromatic hydroxyl groups is 1. The molecule has 0 aliphatic carbocycles. The van der Waals surface area contributed by atoms with Gasteiger partial charge in [0.25, 0.3) is 5.91 Å². The number of alkyl carbamates (subject to hydrolysis) is 1. The van der Waals surface area contributed by atoms with E-state index in [1.807, 2.05) is 0 Å². The van der Waals surface area contributed by atoms with Gasteiger partial charge in [-0.05, 0) is 69.7 Å². The molecule has 2 aromatic carbocycles. The summed E-state index contributed by atoms with van der Waals surface area (Å²) in [7, 11) is 1.52. The zero-order valence-corrected chi connectivity index (χ0v) is 21.6. The summed E-state index contributed by atoms with van der Waals surface area (Å²) in [4.78, 5) is 52.5. The lowest BCUT2D eigenvalue weighted by atomic mass is 10.0. The first-order valence-electron chi connectivity index (χ1n) is 11.7. The van der Waals surface area contributed by atoms with Gasteiger partial charge in [0.05, 0.1) is 13.5 Å². The van der Waals surface area contributed by atoms with Crippen LogP contribution in [0.15, 0.2) is 48.5 Å². The number of nitrogens with zero attached hydrogens (tertiary/aromatic N) is 1. The second-order valence-electron chi connectivity index (χ2n) is 9.21. The molecule has 0 saturated carbocycles. The molecule has 4 amide bonds. The number of nitrogens with two attached hydrogens (primary N) is 1. The summed E-state index contributed by atoms with van der Waals surface area (Å²) >= 11 is 0. The Balaban J connectivity index is 2.44. The van der Waals surface area contributed by atoms with Crippen LogP contribution in [0.3, 0.4) is 0 Å². The van der Waals surface area contributed by atoms with Crippen molar-refractivity contribution in [2.75, 3.05) is 19.0 Å². The number of likely N-dealkylation sites (N-methyl/N-ethyl adjacent to an activating group) is 1. The van der Waals surface area contributed by atoms with Gasteiger partial charge in [0.15, 0.2) is 0 Å². The average molecular weight is 515 g/mol. The molecule has 11 nitrogen and oxygen atoms in total. The molecule has 0 aliphatic heterocycles. The highest BCUT2D eigenvalue weighted by Crippen LogP contribution is 2.27. The smallest absolute Gasteiger partial charge is 0.408 e. The zero-order chi connectivity index (χ0) is 27.8. The number of benzene rings is 2. The maximum absolute atomic E-state index is 13.6. The van der Waals surface area contributed by atoms with Crippen LogP contribution >= 0.6 is 0 Å². The highest BCUT2D eigenvalue weighted by Gasteiger charge is 2.36. The van der Waals surface area contributed by atoms with E-state index in [4.69, 9.17) is 15.2 Å². The number of phenols is 1. The third kappa shape index (κ3) is 8.71. The number of carbonyl (C=O) groups excluding carboxylic acids is 4. The zero-order valence-electron chi connectivity index (χ0n) is 21.6.